The fourth-order valence-electron chi connectivity index (χ4n) is 3.55. The van der Waals surface area contributed by atoms with E-state index in [0.717, 1.165) is 23.3 Å². The van der Waals surface area contributed by atoms with Crippen LogP contribution in [0.4, 0.5) is 0 Å². The van der Waals surface area contributed by atoms with Crippen LogP contribution in [0.25, 0.3) is 0 Å². The first-order chi connectivity index (χ1) is 12.9. The Kier molecular flexibility index (Phi) is 5.01. The molecule has 144 valence electrons. The minimum atomic E-state index is -3.70. The average Bonchev–Trinajstić information content (AvgIpc) is 2.87. The van der Waals surface area contributed by atoms with Crippen molar-refractivity contribution in [3.8, 4) is 11.5 Å². The van der Waals surface area contributed by atoms with Gasteiger partial charge in [0.05, 0.1) is 28.2 Å². The van der Waals surface area contributed by atoms with Crippen molar-refractivity contribution < 1.29 is 17.9 Å². The number of nitrogens with zero attached hydrogens (tertiary/aromatic N) is 1. The van der Waals surface area contributed by atoms with Crippen molar-refractivity contribution in [1.82, 2.24) is 4.31 Å². The fraction of sp³-hybridized carbons (Fsp3) is 0.368. The summed E-state index contributed by atoms with van der Waals surface area (Å²) < 4.78 is 39.4. The Hall–Kier alpha value is -1.47. The molecule has 5 nitrogen and oxygen atoms in total. The lowest BCUT2D eigenvalue weighted by Crippen LogP contribution is -2.38. The first-order valence-corrected chi connectivity index (χ1v) is 11.0. The van der Waals surface area contributed by atoms with Gasteiger partial charge in [0.25, 0.3) is 0 Å². The zero-order valence-electron chi connectivity index (χ0n) is 14.7. The molecule has 2 aromatic carbocycles. The molecule has 0 aromatic heterocycles. The topological polar surface area (TPSA) is 55.8 Å². The van der Waals surface area contributed by atoms with E-state index in [1.165, 1.54) is 22.5 Å². The fourth-order valence-corrected chi connectivity index (χ4v) is 5.55. The van der Waals surface area contributed by atoms with Gasteiger partial charge in [0.2, 0.25) is 10.0 Å². The molecule has 0 saturated carbocycles. The van der Waals surface area contributed by atoms with Crippen molar-refractivity contribution in [2.45, 2.75) is 30.7 Å². The summed E-state index contributed by atoms with van der Waals surface area (Å²) in [6.07, 6.45) is 1.43. The molecule has 2 heterocycles. The van der Waals surface area contributed by atoms with Crippen LogP contribution in [0.1, 0.15) is 30.5 Å². The summed E-state index contributed by atoms with van der Waals surface area (Å²) in [6, 6.07) is 7.96. The van der Waals surface area contributed by atoms with Gasteiger partial charge in [0.1, 0.15) is 0 Å². The Morgan fingerprint density at radius 2 is 1.74 bits per heavy atom. The van der Waals surface area contributed by atoms with E-state index in [0.29, 0.717) is 37.0 Å². The van der Waals surface area contributed by atoms with Crippen LogP contribution in [0.5, 0.6) is 11.5 Å². The number of halogens is 2. The van der Waals surface area contributed by atoms with Gasteiger partial charge in [0.15, 0.2) is 11.5 Å². The summed E-state index contributed by atoms with van der Waals surface area (Å²) in [5, 5.41) is 0.547. The van der Waals surface area contributed by atoms with Gasteiger partial charge < -0.3 is 9.47 Å². The molecule has 0 amide bonds. The van der Waals surface area contributed by atoms with Crippen LogP contribution in [-0.4, -0.2) is 32.5 Å². The Balaban J connectivity index is 1.71. The number of ether oxygens (including phenoxy) is 2. The minimum absolute atomic E-state index is 0.140. The standard InChI is InChI=1S/C19H19Cl2NO4S/c1-12-15-11-19-18(25-7-2-8-26-19)9-13(15)5-6-22(12)27(23,24)14-3-4-16(20)17(21)10-14/h3-4,9-12H,2,5-8H2,1H3. The van der Waals surface area contributed by atoms with E-state index in [-0.39, 0.29) is 16.0 Å². The second-order valence-corrected chi connectivity index (χ2v) is 9.37. The Morgan fingerprint density at radius 1 is 1.04 bits per heavy atom. The molecule has 0 spiro atoms. The Bertz CT molecular complexity index is 993. The van der Waals surface area contributed by atoms with Crippen molar-refractivity contribution in [3.63, 3.8) is 0 Å². The van der Waals surface area contributed by atoms with Crippen LogP contribution >= 0.6 is 23.2 Å². The highest BCUT2D eigenvalue weighted by molar-refractivity contribution is 7.89. The van der Waals surface area contributed by atoms with Crippen LogP contribution in [0.3, 0.4) is 0 Å². The number of rotatable bonds is 2. The number of fused-ring (bicyclic) bond motifs is 2. The Labute approximate surface area is 168 Å². The lowest BCUT2D eigenvalue weighted by Gasteiger charge is -2.34. The zero-order chi connectivity index (χ0) is 19.2. The highest BCUT2D eigenvalue weighted by atomic mass is 35.5. The molecule has 0 N–H and O–H groups in total. The van der Waals surface area contributed by atoms with Gasteiger partial charge >= 0.3 is 0 Å². The molecule has 2 aliphatic rings. The van der Waals surface area contributed by atoms with Crippen molar-refractivity contribution in [1.29, 1.82) is 0 Å². The highest BCUT2D eigenvalue weighted by Crippen LogP contribution is 2.41. The minimum Gasteiger partial charge on any atom is -0.490 e. The van der Waals surface area contributed by atoms with Gasteiger partial charge in [-0.15, -0.1) is 0 Å². The number of hydrogen-bond donors (Lipinski definition) is 0. The molecular formula is C19H19Cl2NO4S. The van der Waals surface area contributed by atoms with E-state index in [9.17, 15) is 8.42 Å². The molecule has 27 heavy (non-hydrogen) atoms. The van der Waals surface area contributed by atoms with E-state index >= 15 is 0 Å². The van der Waals surface area contributed by atoms with Crippen molar-refractivity contribution in [3.05, 3.63) is 51.5 Å². The summed E-state index contributed by atoms with van der Waals surface area (Å²) in [4.78, 5) is 0.140. The third-order valence-electron chi connectivity index (χ3n) is 4.99. The summed E-state index contributed by atoms with van der Waals surface area (Å²) in [7, 11) is -3.70. The maximum Gasteiger partial charge on any atom is 0.243 e. The molecule has 2 aromatic rings. The molecule has 2 aliphatic heterocycles. The summed E-state index contributed by atoms with van der Waals surface area (Å²) in [5.74, 6) is 1.41. The first-order valence-electron chi connectivity index (χ1n) is 8.77. The van der Waals surface area contributed by atoms with E-state index < -0.39 is 10.0 Å². The lowest BCUT2D eigenvalue weighted by molar-refractivity contribution is 0.296. The Morgan fingerprint density at radius 3 is 2.44 bits per heavy atom. The molecule has 0 radical (unpaired) electrons. The summed E-state index contributed by atoms with van der Waals surface area (Å²) in [6.45, 7) is 3.48. The van der Waals surface area contributed by atoms with Crippen LogP contribution < -0.4 is 9.47 Å². The SMILES string of the molecule is CC1c2cc3c(cc2CCN1S(=O)(=O)c1ccc(Cl)c(Cl)c1)OCCCO3. The summed E-state index contributed by atoms with van der Waals surface area (Å²) in [5.41, 5.74) is 2.03. The van der Waals surface area contributed by atoms with E-state index in [4.69, 9.17) is 32.7 Å². The molecule has 1 unspecified atom stereocenters. The van der Waals surface area contributed by atoms with Crippen LogP contribution in [0.2, 0.25) is 10.0 Å². The van der Waals surface area contributed by atoms with Gasteiger partial charge in [0, 0.05) is 19.0 Å². The van der Waals surface area contributed by atoms with Crippen molar-refractivity contribution >= 4 is 33.2 Å². The number of hydrogen-bond acceptors (Lipinski definition) is 4. The monoisotopic (exact) mass is 427 g/mol. The smallest absolute Gasteiger partial charge is 0.243 e. The summed E-state index contributed by atoms with van der Waals surface area (Å²) >= 11 is 12.0. The van der Waals surface area contributed by atoms with Crippen molar-refractivity contribution in [2.24, 2.45) is 0 Å². The second-order valence-electron chi connectivity index (χ2n) is 6.67. The van der Waals surface area contributed by atoms with Gasteiger partial charge in [-0.05, 0) is 54.8 Å². The quantitative estimate of drug-likeness (QED) is 0.709. The molecule has 0 saturated heterocycles. The highest BCUT2D eigenvalue weighted by Gasteiger charge is 2.35. The van der Waals surface area contributed by atoms with Gasteiger partial charge in [-0.2, -0.15) is 4.31 Å². The number of sulfonamides is 1. The van der Waals surface area contributed by atoms with E-state index in [2.05, 4.69) is 0 Å². The second kappa shape index (κ2) is 7.17. The predicted molar refractivity (Wildman–Crippen MR) is 105 cm³/mol. The third kappa shape index (κ3) is 3.40. The van der Waals surface area contributed by atoms with E-state index in [1.54, 1.807) is 0 Å². The van der Waals surface area contributed by atoms with E-state index in [1.807, 2.05) is 19.1 Å². The predicted octanol–water partition coefficient (Wildman–Crippen LogP) is 4.46. The van der Waals surface area contributed by atoms with Crippen LogP contribution in [0.15, 0.2) is 35.2 Å². The molecule has 4 rings (SSSR count). The van der Waals surface area contributed by atoms with Gasteiger partial charge in [-0.1, -0.05) is 23.2 Å². The normalized spacial score (nSPS) is 20.0. The largest absolute Gasteiger partial charge is 0.490 e. The first kappa shape index (κ1) is 18.9. The third-order valence-corrected chi connectivity index (χ3v) is 7.70. The van der Waals surface area contributed by atoms with Gasteiger partial charge in [-0.25, -0.2) is 8.42 Å². The molecule has 1 atom stereocenters. The molecule has 0 fully saturated rings. The maximum absolute atomic E-state index is 13.2. The van der Waals surface area contributed by atoms with Gasteiger partial charge in [-0.3, -0.25) is 0 Å². The zero-order valence-corrected chi connectivity index (χ0v) is 17.1. The number of benzene rings is 2. The van der Waals surface area contributed by atoms with Crippen molar-refractivity contribution in [2.75, 3.05) is 19.8 Å². The lowest BCUT2D eigenvalue weighted by atomic mass is 9.94. The average molecular weight is 428 g/mol. The molecule has 0 bridgehead atoms. The molecule has 0 aliphatic carbocycles. The molecular weight excluding hydrogens is 409 g/mol. The maximum atomic E-state index is 13.2. The molecule has 8 heteroatoms. The van der Waals surface area contributed by atoms with Crippen LogP contribution in [0, 0.1) is 0 Å². The van der Waals surface area contributed by atoms with Crippen LogP contribution in [-0.2, 0) is 16.4 Å².